The smallest absolute Gasteiger partial charge is 0.261 e. The molecule has 110 valence electrons. The Kier molecular flexibility index (Phi) is 3.74. The molecule has 0 atom stereocenters. The number of aromatic nitrogens is 1. The van der Waals surface area contributed by atoms with Gasteiger partial charge in [-0.15, -0.1) is 0 Å². The Morgan fingerprint density at radius 3 is 2.73 bits per heavy atom. The van der Waals surface area contributed by atoms with Crippen LogP contribution in [0.1, 0.15) is 21.5 Å². The summed E-state index contributed by atoms with van der Waals surface area (Å²) in [5, 5.41) is 3.62. The highest BCUT2D eigenvalue weighted by molar-refractivity contribution is 5.97. The van der Waals surface area contributed by atoms with Crippen molar-refractivity contribution >= 4 is 16.8 Å². The molecule has 3 aromatic rings. The maximum Gasteiger partial charge on any atom is 0.261 e. The van der Waals surface area contributed by atoms with E-state index >= 15 is 0 Å². The predicted molar refractivity (Wildman–Crippen MR) is 86.9 cm³/mol. The SMILES string of the molecule is Cc1cccc(CNC(=O)c2cc3ccccc3[nH]c2=O)c1. The van der Waals surface area contributed by atoms with Gasteiger partial charge in [0.25, 0.3) is 11.5 Å². The van der Waals surface area contributed by atoms with Gasteiger partial charge in [-0.1, -0.05) is 48.0 Å². The molecule has 1 heterocycles. The molecule has 0 fully saturated rings. The molecule has 0 radical (unpaired) electrons. The number of nitrogens with one attached hydrogen (secondary N) is 2. The van der Waals surface area contributed by atoms with Crippen molar-refractivity contribution in [3.05, 3.63) is 81.6 Å². The van der Waals surface area contributed by atoms with Crippen LogP contribution in [0.5, 0.6) is 0 Å². The lowest BCUT2D eigenvalue weighted by Gasteiger charge is -2.06. The zero-order valence-corrected chi connectivity index (χ0v) is 12.2. The number of benzene rings is 2. The second-order valence-corrected chi connectivity index (χ2v) is 5.27. The maximum atomic E-state index is 12.2. The molecule has 4 nitrogen and oxygen atoms in total. The molecule has 2 N–H and O–H groups in total. The summed E-state index contributed by atoms with van der Waals surface area (Å²) in [5.74, 6) is -0.367. The summed E-state index contributed by atoms with van der Waals surface area (Å²) < 4.78 is 0. The van der Waals surface area contributed by atoms with Gasteiger partial charge in [0, 0.05) is 12.1 Å². The van der Waals surface area contributed by atoms with Gasteiger partial charge in [0.2, 0.25) is 0 Å². The lowest BCUT2D eigenvalue weighted by Crippen LogP contribution is -2.29. The molecule has 0 aliphatic rings. The first-order valence-electron chi connectivity index (χ1n) is 7.09. The van der Waals surface area contributed by atoms with E-state index in [0.717, 1.165) is 22.0 Å². The van der Waals surface area contributed by atoms with Gasteiger partial charge in [-0.2, -0.15) is 0 Å². The van der Waals surface area contributed by atoms with E-state index in [1.807, 2.05) is 55.5 Å². The predicted octanol–water partition coefficient (Wildman–Crippen LogP) is 2.77. The van der Waals surface area contributed by atoms with Crippen LogP contribution in [0.2, 0.25) is 0 Å². The Morgan fingerprint density at radius 2 is 1.91 bits per heavy atom. The Morgan fingerprint density at radius 1 is 1.09 bits per heavy atom. The summed E-state index contributed by atoms with van der Waals surface area (Å²) in [6.45, 7) is 2.39. The zero-order chi connectivity index (χ0) is 15.5. The molecule has 0 bridgehead atoms. The minimum absolute atomic E-state index is 0.131. The fourth-order valence-electron chi connectivity index (χ4n) is 2.42. The van der Waals surface area contributed by atoms with Crippen LogP contribution < -0.4 is 10.9 Å². The summed E-state index contributed by atoms with van der Waals surface area (Å²) in [7, 11) is 0. The number of aromatic amines is 1. The van der Waals surface area contributed by atoms with Gasteiger partial charge in [0.1, 0.15) is 5.56 Å². The molecule has 0 spiro atoms. The van der Waals surface area contributed by atoms with E-state index in [-0.39, 0.29) is 17.0 Å². The molecule has 1 aromatic heterocycles. The van der Waals surface area contributed by atoms with Crippen molar-refractivity contribution in [3.63, 3.8) is 0 Å². The highest BCUT2D eigenvalue weighted by Crippen LogP contribution is 2.10. The lowest BCUT2D eigenvalue weighted by atomic mass is 10.1. The molecule has 2 aromatic carbocycles. The first-order valence-corrected chi connectivity index (χ1v) is 7.09. The number of para-hydroxylation sites is 1. The maximum absolute atomic E-state index is 12.2. The molecule has 22 heavy (non-hydrogen) atoms. The zero-order valence-electron chi connectivity index (χ0n) is 12.2. The molecular weight excluding hydrogens is 276 g/mol. The summed E-state index contributed by atoms with van der Waals surface area (Å²) >= 11 is 0. The minimum Gasteiger partial charge on any atom is -0.348 e. The number of rotatable bonds is 3. The van der Waals surface area contributed by atoms with Crippen molar-refractivity contribution < 1.29 is 4.79 Å². The largest absolute Gasteiger partial charge is 0.348 e. The molecular formula is C18H16N2O2. The van der Waals surface area contributed by atoms with Crippen LogP contribution >= 0.6 is 0 Å². The van der Waals surface area contributed by atoms with Gasteiger partial charge >= 0.3 is 0 Å². The number of fused-ring (bicyclic) bond motifs is 1. The topological polar surface area (TPSA) is 62.0 Å². The third kappa shape index (κ3) is 2.91. The quantitative estimate of drug-likeness (QED) is 0.779. The highest BCUT2D eigenvalue weighted by Gasteiger charge is 2.11. The fraction of sp³-hybridized carbons (Fsp3) is 0.111. The summed E-state index contributed by atoms with van der Waals surface area (Å²) in [6, 6.07) is 16.9. The number of carbonyl (C=O) groups excluding carboxylic acids is 1. The van der Waals surface area contributed by atoms with E-state index in [4.69, 9.17) is 0 Å². The Balaban J connectivity index is 1.83. The van der Waals surface area contributed by atoms with Crippen LogP contribution in [0.25, 0.3) is 10.9 Å². The number of carbonyl (C=O) groups is 1. The van der Waals surface area contributed by atoms with Crippen molar-refractivity contribution in [1.29, 1.82) is 0 Å². The molecule has 0 saturated heterocycles. The van der Waals surface area contributed by atoms with Gasteiger partial charge < -0.3 is 10.3 Å². The third-order valence-electron chi connectivity index (χ3n) is 3.53. The standard InChI is InChI=1S/C18H16N2O2/c1-12-5-4-6-13(9-12)11-19-17(21)15-10-14-7-2-3-8-16(14)20-18(15)22/h2-10H,11H2,1H3,(H,19,21)(H,20,22). The normalized spacial score (nSPS) is 10.6. The van der Waals surface area contributed by atoms with Crippen LogP contribution in [0.15, 0.2) is 59.4 Å². The molecule has 0 aliphatic carbocycles. The van der Waals surface area contributed by atoms with E-state index in [1.165, 1.54) is 0 Å². The van der Waals surface area contributed by atoms with Gasteiger partial charge in [0.05, 0.1) is 0 Å². The van der Waals surface area contributed by atoms with Gasteiger partial charge in [-0.25, -0.2) is 0 Å². The number of hydrogen-bond acceptors (Lipinski definition) is 2. The number of aryl methyl sites for hydroxylation is 1. The van der Waals surface area contributed by atoms with Gasteiger partial charge in [0.15, 0.2) is 0 Å². The second kappa shape index (κ2) is 5.85. The summed E-state index contributed by atoms with van der Waals surface area (Å²) in [4.78, 5) is 27.0. The monoisotopic (exact) mass is 292 g/mol. The highest BCUT2D eigenvalue weighted by atomic mass is 16.2. The first kappa shape index (κ1) is 14.1. The molecule has 0 saturated carbocycles. The number of pyridine rings is 1. The van der Waals surface area contributed by atoms with Crippen LogP contribution in [0.3, 0.4) is 0 Å². The van der Waals surface area contributed by atoms with Crippen molar-refractivity contribution in [2.75, 3.05) is 0 Å². The molecule has 4 heteroatoms. The average molecular weight is 292 g/mol. The van der Waals surface area contributed by atoms with E-state index < -0.39 is 0 Å². The van der Waals surface area contributed by atoms with Gasteiger partial charge in [-0.05, 0) is 30.0 Å². The minimum atomic E-state index is -0.375. The van der Waals surface area contributed by atoms with E-state index in [2.05, 4.69) is 10.3 Å². The van der Waals surface area contributed by atoms with Crippen molar-refractivity contribution in [1.82, 2.24) is 10.3 Å². The molecule has 0 unspecified atom stereocenters. The Hall–Kier alpha value is -2.88. The lowest BCUT2D eigenvalue weighted by molar-refractivity contribution is 0.0949. The number of H-pyrrole nitrogens is 1. The Labute approximate surface area is 127 Å². The molecule has 3 rings (SSSR count). The fourth-order valence-corrected chi connectivity index (χ4v) is 2.42. The Bertz CT molecular complexity index is 897. The van der Waals surface area contributed by atoms with Crippen molar-refractivity contribution in [2.24, 2.45) is 0 Å². The van der Waals surface area contributed by atoms with Gasteiger partial charge in [-0.3, -0.25) is 9.59 Å². The van der Waals surface area contributed by atoms with Crippen LogP contribution in [0, 0.1) is 6.92 Å². The molecule has 0 aliphatic heterocycles. The van der Waals surface area contributed by atoms with E-state index in [9.17, 15) is 9.59 Å². The van der Waals surface area contributed by atoms with Crippen LogP contribution in [0.4, 0.5) is 0 Å². The second-order valence-electron chi connectivity index (χ2n) is 5.27. The molecule has 1 amide bonds. The third-order valence-corrected chi connectivity index (χ3v) is 3.53. The summed E-state index contributed by atoms with van der Waals surface area (Å²) in [6.07, 6.45) is 0. The van der Waals surface area contributed by atoms with E-state index in [1.54, 1.807) is 6.07 Å². The average Bonchev–Trinajstić information content (AvgIpc) is 2.52. The van der Waals surface area contributed by atoms with Crippen molar-refractivity contribution in [2.45, 2.75) is 13.5 Å². The van der Waals surface area contributed by atoms with Crippen LogP contribution in [-0.2, 0) is 6.54 Å². The van der Waals surface area contributed by atoms with Crippen LogP contribution in [-0.4, -0.2) is 10.9 Å². The number of hydrogen-bond donors (Lipinski definition) is 2. The first-order chi connectivity index (χ1) is 10.6. The summed E-state index contributed by atoms with van der Waals surface area (Å²) in [5.41, 5.74) is 2.62. The number of amides is 1. The van der Waals surface area contributed by atoms with Crippen molar-refractivity contribution in [3.8, 4) is 0 Å². The van der Waals surface area contributed by atoms with E-state index in [0.29, 0.717) is 6.54 Å².